The van der Waals surface area contributed by atoms with Gasteiger partial charge in [0.2, 0.25) is 0 Å². The first-order valence-corrected chi connectivity index (χ1v) is 8.87. The molecule has 1 aliphatic heterocycles. The molecule has 2 aromatic rings. The third kappa shape index (κ3) is 3.36. The number of nitrogens with one attached hydrogen (secondary N) is 3. The van der Waals surface area contributed by atoms with Crippen molar-refractivity contribution in [1.82, 2.24) is 20.8 Å². The van der Waals surface area contributed by atoms with Crippen molar-refractivity contribution < 1.29 is 4.79 Å². The van der Waals surface area contributed by atoms with E-state index < -0.39 is 0 Å². The maximum absolute atomic E-state index is 12.9. The maximum Gasteiger partial charge on any atom is 0.272 e. The molecule has 1 unspecified atom stereocenters. The number of carbonyl (C=O) groups is 1. The summed E-state index contributed by atoms with van der Waals surface area (Å²) in [6, 6.07) is 10.2. The highest BCUT2D eigenvalue weighted by atomic mass is 16.2. The third-order valence-electron chi connectivity index (χ3n) is 4.99. The number of nitrogens with zero attached hydrogens (tertiary/aromatic N) is 1. The average molecular weight is 326 g/mol. The normalized spacial score (nSPS) is 15.1. The lowest BCUT2D eigenvalue weighted by Crippen LogP contribution is -2.34. The zero-order valence-corrected chi connectivity index (χ0v) is 14.4. The number of rotatable bonds is 6. The third-order valence-corrected chi connectivity index (χ3v) is 4.99. The molecule has 2 heterocycles. The van der Waals surface area contributed by atoms with Gasteiger partial charge in [-0.2, -0.15) is 5.10 Å². The summed E-state index contributed by atoms with van der Waals surface area (Å²) in [5, 5.41) is 13.9. The van der Waals surface area contributed by atoms with Crippen molar-refractivity contribution in [1.29, 1.82) is 0 Å². The minimum atomic E-state index is -0.0862. The Labute approximate surface area is 143 Å². The molecule has 1 aliphatic rings. The molecule has 0 radical (unpaired) electrons. The molecule has 0 spiro atoms. The van der Waals surface area contributed by atoms with Gasteiger partial charge in [0.15, 0.2) is 5.69 Å². The van der Waals surface area contributed by atoms with Gasteiger partial charge in [-0.25, -0.2) is 0 Å². The molecular weight excluding hydrogens is 300 g/mol. The van der Waals surface area contributed by atoms with Crippen LogP contribution in [0.4, 0.5) is 0 Å². The highest BCUT2D eigenvalue weighted by Crippen LogP contribution is 2.28. The lowest BCUT2D eigenvalue weighted by molar-refractivity contribution is 0.0913. The summed E-state index contributed by atoms with van der Waals surface area (Å²) < 4.78 is 0. The topological polar surface area (TPSA) is 69.8 Å². The van der Waals surface area contributed by atoms with Crippen LogP contribution in [-0.4, -0.2) is 22.6 Å². The lowest BCUT2D eigenvalue weighted by Gasteiger charge is -2.27. The summed E-state index contributed by atoms with van der Waals surface area (Å²) in [5.74, 6) is 0.321. The summed E-state index contributed by atoms with van der Waals surface area (Å²) in [6.07, 6.45) is 2.94. The van der Waals surface area contributed by atoms with Crippen molar-refractivity contribution in [3.63, 3.8) is 0 Å². The van der Waals surface area contributed by atoms with Crippen LogP contribution in [-0.2, 0) is 13.0 Å². The molecule has 1 aromatic carbocycles. The van der Waals surface area contributed by atoms with Crippen molar-refractivity contribution in [2.75, 3.05) is 6.54 Å². The molecule has 1 atom stereocenters. The zero-order valence-electron chi connectivity index (χ0n) is 14.4. The van der Waals surface area contributed by atoms with Gasteiger partial charge in [0.25, 0.3) is 5.91 Å². The fraction of sp³-hybridized carbons (Fsp3) is 0.474. The van der Waals surface area contributed by atoms with Crippen LogP contribution in [0.2, 0.25) is 0 Å². The van der Waals surface area contributed by atoms with Crippen LogP contribution in [0.3, 0.4) is 0 Å². The van der Waals surface area contributed by atoms with Crippen LogP contribution in [0, 0.1) is 5.92 Å². The van der Waals surface area contributed by atoms with E-state index in [2.05, 4.69) is 46.8 Å². The van der Waals surface area contributed by atoms with Crippen molar-refractivity contribution in [3.8, 4) is 0 Å². The largest absolute Gasteiger partial charge is 0.344 e. The number of carbonyl (C=O) groups excluding carboxylic acids is 1. The Morgan fingerprint density at radius 1 is 1.25 bits per heavy atom. The Balaban J connectivity index is 1.84. The van der Waals surface area contributed by atoms with Gasteiger partial charge in [-0.1, -0.05) is 57.0 Å². The van der Waals surface area contributed by atoms with Gasteiger partial charge in [-0.3, -0.25) is 9.89 Å². The number of H-pyrrole nitrogens is 1. The van der Waals surface area contributed by atoms with Gasteiger partial charge in [0.05, 0.1) is 6.04 Å². The predicted molar refractivity (Wildman–Crippen MR) is 94.7 cm³/mol. The summed E-state index contributed by atoms with van der Waals surface area (Å²) >= 11 is 0. The first-order chi connectivity index (χ1) is 11.7. The zero-order chi connectivity index (χ0) is 16.9. The number of fused-ring (bicyclic) bond motifs is 1. The molecule has 128 valence electrons. The Kier molecular flexibility index (Phi) is 5.30. The van der Waals surface area contributed by atoms with E-state index in [1.807, 2.05) is 18.2 Å². The van der Waals surface area contributed by atoms with Crippen LogP contribution in [0.5, 0.6) is 0 Å². The minimum absolute atomic E-state index is 0.0117. The highest BCUT2D eigenvalue weighted by Gasteiger charge is 2.27. The fourth-order valence-corrected chi connectivity index (χ4v) is 3.52. The number of hydrogen-bond donors (Lipinski definition) is 3. The summed E-state index contributed by atoms with van der Waals surface area (Å²) in [7, 11) is 0. The van der Waals surface area contributed by atoms with E-state index in [9.17, 15) is 4.79 Å². The second-order valence-electron chi connectivity index (χ2n) is 6.39. The van der Waals surface area contributed by atoms with Gasteiger partial charge in [0, 0.05) is 30.8 Å². The van der Waals surface area contributed by atoms with E-state index in [1.165, 1.54) is 0 Å². The van der Waals surface area contributed by atoms with Crippen LogP contribution in [0.1, 0.15) is 60.0 Å². The van der Waals surface area contributed by atoms with Gasteiger partial charge in [-0.05, 0) is 11.5 Å². The van der Waals surface area contributed by atoms with Crippen LogP contribution < -0.4 is 10.6 Å². The number of benzene rings is 1. The van der Waals surface area contributed by atoms with E-state index >= 15 is 0 Å². The number of aromatic amines is 1. The van der Waals surface area contributed by atoms with E-state index in [4.69, 9.17) is 0 Å². The smallest absolute Gasteiger partial charge is 0.272 e. The van der Waals surface area contributed by atoms with E-state index in [1.54, 1.807) is 0 Å². The second-order valence-corrected chi connectivity index (χ2v) is 6.39. The van der Waals surface area contributed by atoms with Crippen molar-refractivity contribution in [2.45, 2.75) is 45.7 Å². The molecular formula is C19H26N4O. The van der Waals surface area contributed by atoms with Crippen LogP contribution in [0.15, 0.2) is 30.3 Å². The molecule has 0 fully saturated rings. The van der Waals surface area contributed by atoms with Crippen molar-refractivity contribution in [3.05, 3.63) is 52.8 Å². The fourth-order valence-electron chi connectivity index (χ4n) is 3.52. The lowest BCUT2D eigenvalue weighted by atomic mass is 9.88. The number of amides is 1. The van der Waals surface area contributed by atoms with Crippen molar-refractivity contribution in [2.24, 2.45) is 5.92 Å². The molecule has 1 amide bonds. The number of aromatic nitrogens is 2. The predicted octanol–water partition coefficient (Wildman–Crippen LogP) is 2.96. The van der Waals surface area contributed by atoms with Gasteiger partial charge >= 0.3 is 0 Å². The van der Waals surface area contributed by atoms with Crippen LogP contribution >= 0.6 is 0 Å². The molecule has 3 N–H and O–H groups in total. The molecule has 24 heavy (non-hydrogen) atoms. The first kappa shape index (κ1) is 16.7. The molecule has 0 aliphatic carbocycles. The second kappa shape index (κ2) is 7.62. The SMILES string of the molecule is CCC(CC)C(NC(=O)c1n[nH]c2c1CNCC2)c1ccccc1. The van der Waals surface area contributed by atoms with E-state index in [0.29, 0.717) is 18.2 Å². The molecule has 5 nitrogen and oxygen atoms in total. The highest BCUT2D eigenvalue weighted by molar-refractivity contribution is 5.94. The molecule has 3 rings (SSSR count). The number of hydrogen-bond acceptors (Lipinski definition) is 3. The molecule has 0 saturated carbocycles. The van der Waals surface area contributed by atoms with E-state index in [-0.39, 0.29) is 11.9 Å². The summed E-state index contributed by atoms with van der Waals surface area (Å²) in [6.45, 7) is 5.99. The van der Waals surface area contributed by atoms with Crippen molar-refractivity contribution >= 4 is 5.91 Å². The Bertz CT molecular complexity index is 676. The van der Waals surface area contributed by atoms with Gasteiger partial charge in [0.1, 0.15) is 0 Å². The van der Waals surface area contributed by atoms with Gasteiger partial charge in [-0.15, -0.1) is 0 Å². The average Bonchev–Trinajstić information content (AvgIpc) is 3.06. The summed E-state index contributed by atoms with van der Waals surface area (Å²) in [5.41, 5.74) is 3.78. The monoisotopic (exact) mass is 326 g/mol. The Morgan fingerprint density at radius 3 is 2.71 bits per heavy atom. The maximum atomic E-state index is 12.9. The minimum Gasteiger partial charge on any atom is -0.344 e. The molecule has 0 bridgehead atoms. The first-order valence-electron chi connectivity index (χ1n) is 8.87. The van der Waals surface area contributed by atoms with E-state index in [0.717, 1.165) is 42.6 Å². The Hall–Kier alpha value is -2.14. The summed E-state index contributed by atoms with van der Waals surface area (Å²) in [4.78, 5) is 12.9. The van der Waals surface area contributed by atoms with Crippen LogP contribution in [0.25, 0.3) is 0 Å². The van der Waals surface area contributed by atoms with Gasteiger partial charge < -0.3 is 10.6 Å². The molecule has 1 aromatic heterocycles. The molecule has 5 heteroatoms. The standard InChI is InChI=1S/C19H26N4O/c1-3-13(4-2)17(14-8-6-5-7-9-14)21-19(24)18-15-12-20-11-10-16(15)22-23-18/h5-9,13,17,20H,3-4,10-12H2,1-2H3,(H,21,24)(H,22,23). The Morgan fingerprint density at radius 2 is 2.00 bits per heavy atom. The quantitative estimate of drug-likeness (QED) is 0.764. The molecule has 0 saturated heterocycles.